The van der Waals surface area contributed by atoms with Gasteiger partial charge in [-0.3, -0.25) is 11.1 Å². The maximum atomic E-state index is 10.9. The van der Waals surface area contributed by atoms with Gasteiger partial charge in [0.25, 0.3) is 0 Å². The molecule has 0 aromatic carbocycles. The standard InChI is InChI=1S/C7H16N2O4.2C2H6O2/c1-6(2,3)13-5(11)9-7(8,12)4-10;2*3-1-2-4/h10,12H,4,8H2,1-3H3,(H,9,11);2*3-4H,1-2H2. The van der Waals surface area contributed by atoms with Crippen molar-refractivity contribution in [3.8, 4) is 0 Å². The van der Waals surface area contributed by atoms with Crippen LogP contribution in [0.25, 0.3) is 0 Å². The Balaban J connectivity index is -0.000000334. The zero-order chi connectivity index (χ0) is 17.5. The minimum atomic E-state index is -2.14. The van der Waals surface area contributed by atoms with E-state index in [9.17, 15) is 4.79 Å². The van der Waals surface area contributed by atoms with Gasteiger partial charge in [-0.15, -0.1) is 0 Å². The number of nitrogens with one attached hydrogen (secondary N) is 1. The second-order valence-corrected chi connectivity index (χ2v) is 4.60. The van der Waals surface area contributed by atoms with E-state index < -0.39 is 24.2 Å². The number of ether oxygens (including phenoxy) is 1. The van der Waals surface area contributed by atoms with E-state index in [1.54, 1.807) is 20.8 Å². The van der Waals surface area contributed by atoms with Crippen molar-refractivity contribution in [2.24, 2.45) is 5.73 Å². The van der Waals surface area contributed by atoms with Crippen molar-refractivity contribution in [2.75, 3.05) is 33.0 Å². The van der Waals surface area contributed by atoms with Gasteiger partial charge >= 0.3 is 6.09 Å². The Kier molecular flexibility index (Phi) is 16.6. The summed E-state index contributed by atoms with van der Waals surface area (Å²) < 4.78 is 4.77. The lowest BCUT2D eigenvalue weighted by Gasteiger charge is -2.25. The molecule has 1 amide bonds. The third-order valence-electron chi connectivity index (χ3n) is 1.16. The molecular formula is C11H28N2O8. The Morgan fingerprint density at radius 3 is 1.52 bits per heavy atom. The first-order valence-electron chi connectivity index (χ1n) is 6.06. The predicted octanol–water partition coefficient (Wildman–Crippen LogP) is -2.95. The topological polar surface area (TPSA) is 186 Å². The van der Waals surface area contributed by atoms with Crippen molar-refractivity contribution in [1.29, 1.82) is 0 Å². The molecule has 21 heavy (non-hydrogen) atoms. The summed E-state index contributed by atoms with van der Waals surface area (Å²) in [5, 5.41) is 49.9. The van der Waals surface area contributed by atoms with E-state index in [2.05, 4.69) is 0 Å². The molecule has 0 spiro atoms. The summed E-state index contributed by atoms with van der Waals surface area (Å²) in [4.78, 5) is 10.9. The molecule has 0 aliphatic heterocycles. The number of carbonyl (C=O) groups is 1. The van der Waals surface area contributed by atoms with E-state index >= 15 is 0 Å². The van der Waals surface area contributed by atoms with Crippen molar-refractivity contribution >= 4 is 6.09 Å². The first-order valence-corrected chi connectivity index (χ1v) is 6.06. The van der Waals surface area contributed by atoms with Crippen LogP contribution in [-0.2, 0) is 4.74 Å². The van der Waals surface area contributed by atoms with E-state index in [0.717, 1.165) is 0 Å². The van der Waals surface area contributed by atoms with E-state index in [-0.39, 0.29) is 26.4 Å². The summed E-state index contributed by atoms with van der Waals surface area (Å²) in [7, 11) is 0. The molecule has 0 heterocycles. The van der Waals surface area contributed by atoms with Gasteiger partial charge in [0.05, 0.1) is 26.4 Å². The normalized spacial score (nSPS) is 12.9. The summed E-state index contributed by atoms with van der Waals surface area (Å²) in [6.45, 7) is 3.72. The number of alkyl carbamates (subject to hydrolysis) is 1. The number of hydrogen-bond donors (Lipinski definition) is 8. The van der Waals surface area contributed by atoms with E-state index in [1.165, 1.54) is 0 Å². The molecule has 0 aliphatic carbocycles. The Bertz CT molecular complexity index is 235. The van der Waals surface area contributed by atoms with Gasteiger partial charge in [-0.1, -0.05) is 0 Å². The van der Waals surface area contributed by atoms with Crippen LogP contribution in [0.3, 0.4) is 0 Å². The lowest BCUT2D eigenvalue weighted by atomic mass is 10.2. The van der Waals surface area contributed by atoms with Crippen LogP contribution in [0.15, 0.2) is 0 Å². The maximum Gasteiger partial charge on any atom is 0.411 e. The highest BCUT2D eigenvalue weighted by atomic mass is 16.6. The number of aliphatic hydroxyl groups is 6. The minimum absolute atomic E-state index is 0.125. The van der Waals surface area contributed by atoms with E-state index in [4.69, 9.17) is 41.1 Å². The van der Waals surface area contributed by atoms with Crippen molar-refractivity contribution < 1.29 is 40.2 Å². The molecule has 0 aromatic heterocycles. The van der Waals surface area contributed by atoms with Crippen LogP contribution in [0.4, 0.5) is 4.79 Å². The fourth-order valence-corrected chi connectivity index (χ4v) is 0.520. The fourth-order valence-electron chi connectivity index (χ4n) is 0.520. The van der Waals surface area contributed by atoms with Crippen LogP contribution in [-0.4, -0.2) is 81.2 Å². The van der Waals surface area contributed by atoms with Gasteiger partial charge in [-0.05, 0) is 20.8 Å². The number of hydrogen-bond acceptors (Lipinski definition) is 9. The summed E-state index contributed by atoms with van der Waals surface area (Å²) in [6, 6.07) is 0. The van der Waals surface area contributed by atoms with Gasteiger partial charge in [0.15, 0.2) is 0 Å². The third-order valence-corrected chi connectivity index (χ3v) is 1.16. The zero-order valence-corrected chi connectivity index (χ0v) is 12.6. The number of nitrogens with two attached hydrogens (primary N) is 1. The molecule has 0 saturated carbocycles. The second-order valence-electron chi connectivity index (χ2n) is 4.60. The first-order chi connectivity index (χ1) is 9.49. The van der Waals surface area contributed by atoms with Gasteiger partial charge in [0.2, 0.25) is 5.85 Å². The lowest BCUT2D eigenvalue weighted by Crippen LogP contribution is -2.59. The fraction of sp³-hybridized carbons (Fsp3) is 0.909. The van der Waals surface area contributed by atoms with Gasteiger partial charge in [-0.25, -0.2) is 4.79 Å². The van der Waals surface area contributed by atoms with Gasteiger partial charge in [0.1, 0.15) is 12.2 Å². The number of carbonyl (C=O) groups excluding carboxylic acids is 1. The maximum absolute atomic E-state index is 10.9. The highest BCUT2D eigenvalue weighted by Gasteiger charge is 2.25. The molecule has 0 radical (unpaired) electrons. The van der Waals surface area contributed by atoms with Crippen molar-refractivity contribution in [3.05, 3.63) is 0 Å². The Morgan fingerprint density at radius 2 is 1.33 bits per heavy atom. The number of rotatable bonds is 4. The minimum Gasteiger partial charge on any atom is -0.444 e. The molecule has 0 saturated heterocycles. The summed E-state index contributed by atoms with van der Waals surface area (Å²) in [6.07, 6.45) is -0.883. The first kappa shape index (κ1) is 25.0. The van der Waals surface area contributed by atoms with Crippen LogP contribution < -0.4 is 11.1 Å². The Hall–Kier alpha value is -1.01. The number of amides is 1. The molecule has 10 heteroatoms. The average Bonchev–Trinajstić information content (AvgIpc) is 2.36. The highest BCUT2D eigenvalue weighted by Crippen LogP contribution is 2.06. The number of aliphatic hydroxyl groups excluding tert-OH is 5. The van der Waals surface area contributed by atoms with E-state index in [1.807, 2.05) is 5.32 Å². The Labute approximate surface area is 123 Å². The van der Waals surface area contributed by atoms with Gasteiger partial charge in [0, 0.05) is 0 Å². The summed E-state index contributed by atoms with van der Waals surface area (Å²) in [5.41, 5.74) is 4.36. The van der Waals surface area contributed by atoms with Crippen LogP contribution in [0.1, 0.15) is 20.8 Å². The lowest BCUT2D eigenvalue weighted by molar-refractivity contribution is -0.0445. The van der Waals surface area contributed by atoms with Gasteiger partial charge < -0.3 is 35.4 Å². The van der Waals surface area contributed by atoms with Gasteiger partial charge in [-0.2, -0.15) is 0 Å². The molecule has 0 aromatic rings. The van der Waals surface area contributed by atoms with Crippen molar-refractivity contribution in [2.45, 2.75) is 32.2 Å². The molecule has 0 rings (SSSR count). The van der Waals surface area contributed by atoms with E-state index in [0.29, 0.717) is 0 Å². The molecule has 130 valence electrons. The second kappa shape index (κ2) is 13.9. The highest BCUT2D eigenvalue weighted by molar-refractivity contribution is 5.68. The third kappa shape index (κ3) is 28.0. The molecule has 0 bridgehead atoms. The SMILES string of the molecule is CC(C)(C)OC(=O)NC(N)(O)CO.OCCO.OCCO. The van der Waals surface area contributed by atoms with Crippen molar-refractivity contribution in [3.63, 3.8) is 0 Å². The predicted molar refractivity (Wildman–Crippen MR) is 73.9 cm³/mol. The Morgan fingerprint density at radius 1 is 1.00 bits per heavy atom. The largest absolute Gasteiger partial charge is 0.444 e. The van der Waals surface area contributed by atoms with Crippen LogP contribution in [0, 0.1) is 0 Å². The molecule has 1 unspecified atom stereocenters. The van der Waals surface area contributed by atoms with Crippen LogP contribution >= 0.6 is 0 Å². The molecule has 10 nitrogen and oxygen atoms in total. The van der Waals surface area contributed by atoms with Crippen molar-refractivity contribution in [1.82, 2.24) is 5.32 Å². The zero-order valence-electron chi connectivity index (χ0n) is 12.6. The van der Waals surface area contributed by atoms with Crippen LogP contribution in [0.5, 0.6) is 0 Å². The summed E-state index contributed by atoms with van der Waals surface area (Å²) >= 11 is 0. The molecule has 1 atom stereocenters. The molecule has 0 aliphatic rings. The monoisotopic (exact) mass is 316 g/mol. The molecule has 0 fully saturated rings. The smallest absolute Gasteiger partial charge is 0.411 e. The summed E-state index contributed by atoms with van der Waals surface area (Å²) in [5.74, 6) is -2.14. The average molecular weight is 316 g/mol. The van der Waals surface area contributed by atoms with Crippen LogP contribution in [0.2, 0.25) is 0 Å². The molecular weight excluding hydrogens is 288 g/mol. The molecule has 9 N–H and O–H groups in total. The quantitative estimate of drug-likeness (QED) is 0.251.